The Morgan fingerprint density at radius 2 is 2.05 bits per heavy atom. The first-order chi connectivity index (χ1) is 9.00. The molecule has 1 aromatic rings. The third-order valence-electron chi connectivity index (χ3n) is 4.72. The van der Waals surface area contributed by atoms with E-state index >= 15 is 0 Å². The SMILES string of the molecule is CC1(C)O[C@@H]2C[C@@H]3CC(=O)[C@]2(Cc2ccccc23)O1. The molecule has 1 aliphatic heterocycles. The van der Waals surface area contributed by atoms with Gasteiger partial charge in [-0.3, -0.25) is 4.79 Å². The van der Waals surface area contributed by atoms with Crippen LogP contribution in [0.1, 0.15) is 43.7 Å². The lowest BCUT2D eigenvalue weighted by atomic mass is 9.76. The van der Waals surface area contributed by atoms with Crippen LogP contribution in [0.5, 0.6) is 0 Å². The monoisotopic (exact) mass is 258 g/mol. The molecule has 1 saturated carbocycles. The molecule has 19 heavy (non-hydrogen) atoms. The average Bonchev–Trinajstić information content (AvgIpc) is 2.47. The van der Waals surface area contributed by atoms with Crippen LogP contribution in [0, 0.1) is 0 Å². The van der Waals surface area contributed by atoms with E-state index in [9.17, 15) is 4.79 Å². The van der Waals surface area contributed by atoms with Crippen molar-refractivity contribution in [2.24, 2.45) is 0 Å². The van der Waals surface area contributed by atoms with Gasteiger partial charge in [-0.1, -0.05) is 24.3 Å². The number of ether oxygens (including phenoxy) is 2. The topological polar surface area (TPSA) is 35.5 Å². The highest BCUT2D eigenvalue weighted by Gasteiger charge is 2.62. The van der Waals surface area contributed by atoms with Crippen LogP contribution in [0.15, 0.2) is 24.3 Å². The van der Waals surface area contributed by atoms with E-state index in [0.717, 1.165) is 6.42 Å². The fourth-order valence-electron chi connectivity index (χ4n) is 4.04. The molecular weight excluding hydrogens is 240 g/mol. The summed E-state index contributed by atoms with van der Waals surface area (Å²) in [5.41, 5.74) is 1.82. The minimum Gasteiger partial charge on any atom is -0.344 e. The van der Waals surface area contributed by atoms with Crippen molar-refractivity contribution in [1.29, 1.82) is 0 Å². The molecule has 3 atom stereocenters. The minimum atomic E-state index is -0.743. The lowest BCUT2D eigenvalue weighted by Crippen LogP contribution is -2.52. The second kappa shape index (κ2) is 3.47. The van der Waals surface area contributed by atoms with Gasteiger partial charge < -0.3 is 9.47 Å². The van der Waals surface area contributed by atoms with Crippen molar-refractivity contribution < 1.29 is 14.3 Å². The van der Waals surface area contributed by atoms with Gasteiger partial charge in [0.2, 0.25) is 0 Å². The summed E-state index contributed by atoms with van der Waals surface area (Å²) >= 11 is 0. The van der Waals surface area contributed by atoms with Crippen LogP contribution in [0.4, 0.5) is 0 Å². The number of rotatable bonds is 0. The second-order valence-corrected chi connectivity index (χ2v) is 6.43. The van der Waals surface area contributed by atoms with Crippen LogP contribution in [0.25, 0.3) is 0 Å². The van der Waals surface area contributed by atoms with Gasteiger partial charge in [-0.15, -0.1) is 0 Å². The van der Waals surface area contributed by atoms with Gasteiger partial charge in [0, 0.05) is 12.8 Å². The van der Waals surface area contributed by atoms with Gasteiger partial charge in [-0.25, -0.2) is 0 Å². The van der Waals surface area contributed by atoms with E-state index in [2.05, 4.69) is 18.2 Å². The van der Waals surface area contributed by atoms with Crippen molar-refractivity contribution in [3.05, 3.63) is 35.4 Å². The van der Waals surface area contributed by atoms with Gasteiger partial charge in [0.05, 0.1) is 6.10 Å². The van der Waals surface area contributed by atoms with Gasteiger partial charge in [0.25, 0.3) is 0 Å². The maximum Gasteiger partial charge on any atom is 0.168 e. The number of carbonyl (C=O) groups is 1. The molecule has 1 aromatic carbocycles. The first-order valence-corrected chi connectivity index (χ1v) is 6.99. The average molecular weight is 258 g/mol. The Bertz CT molecular complexity index is 563. The number of hydrogen-bond acceptors (Lipinski definition) is 3. The molecule has 1 saturated heterocycles. The highest BCUT2D eigenvalue weighted by molar-refractivity contribution is 5.91. The third kappa shape index (κ3) is 1.49. The van der Waals surface area contributed by atoms with E-state index in [1.54, 1.807) is 0 Å². The molecule has 0 unspecified atom stereocenters. The van der Waals surface area contributed by atoms with E-state index in [-0.39, 0.29) is 11.9 Å². The number of Topliss-reactive ketones (excluding diaryl/α,β-unsaturated/α-hetero) is 1. The fraction of sp³-hybridized carbons (Fsp3) is 0.562. The molecule has 3 aliphatic carbocycles. The zero-order chi connectivity index (χ0) is 13.3. The van der Waals surface area contributed by atoms with Crippen LogP contribution >= 0.6 is 0 Å². The Morgan fingerprint density at radius 3 is 2.89 bits per heavy atom. The van der Waals surface area contributed by atoms with Gasteiger partial charge in [0.15, 0.2) is 17.2 Å². The summed E-state index contributed by atoms with van der Waals surface area (Å²) in [6.45, 7) is 3.81. The molecule has 0 aromatic heterocycles. The van der Waals surface area contributed by atoms with E-state index in [0.29, 0.717) is 18.8 Å². The zero-order valence-electron chi connectivity index (χ0n) is 11.3. The van der Waals surface area contributed by atoms with E-state index in [1.807, 2.05) is 19.9 Å². The summed E-state index contributed by atoms with van der Waals surface area (Å²) in [7, 11) is 0. The van der Waals surface area contributed by atoms with Crippen LogP contribution in [-0.4, -0.2) is 23.3 Å². The molecule has 0 radical (unpaired) electrons. The molecule has 3 heteroatoms. The van der Waals surface area contributed by atoms with Crippen molar-refractivity contribution in [1.82, 2.24) is 0 Å². The minimum absolute atomic E-state index is 0.0962. The maximum absolute atomic E-state index is 12.6. The largest absolute Gasteiger partial charge is 0.344 e. The second-order valence-electron chi connectivity index (χ2n) is 6.43. The van der Waals surface area contributed by atoms with Gasteiger partial charge >= 0.3 is 0 Å². The van der Waals surface area contributed by atoms with Gasteiger partial charge in [-0.2, -0.15) is 0 Å². The molecule has 100 valence electrons. The summed E-state index contributed by atoms with van der Waals surface area (Å²) in [5.74, 6) is -0.140. The predicted octanol–water partition coefficient (Wildman–Crippen LogP) is 2.58. The molecule has 3 nitrogen and oxygen atoms in total. The summed E-state index contributed by atoms with van der Waals surface area (Å²) in [5, 5.41) is 0. The summed E-state index contributed by atoms with van der Waals surface area (Å²) < 4.78 is 12.1. The Balaban J connectivity index is 1.88. The van der Waals surface area contributed by atoms with Crippen molar-refractivity contribution in [3.8, 4) is 0 Å². The fourth-order valence-corrected chi connectivity index (χ4v) is 4.04. The summed E-state index contributed by atoms with van der Waals surface area (Å²) in [4.78, 5) is 12.6. The van der Waals surface area contributed by atoms with E-state index in [1.165, 1.54) is 11.1 Å². The van der Waals surface area contributed by atoms with Crippen molar-refractivity contribution in [3.63, 3.8) is 0 Å². The number of hydrogen-bond donors (Lipinski definition) is 0. The number of carbonyl (C=O) groups excluding carboxylic acids is 1. The number of fused-ring (bicyclic) bond motifs is 1. The van der Waals surface area contributed by atoms with Crippen LogP contribution in [-0.2, 0) is 20.7 Å². The molecule has 0 amide bonds. The first kappa shape index (κ1) is 11.6. The molecule has 2 fully saturated rings. The highest BCUT2D eigenvalue weighted by atomic mass is 16.8. The Hall–Kier alpha value is -1.19. The molecule has 4 aliphatic rings. The standard InChI is InChI=1S/C16H18O3/c1-15(2)18-14-8-11-7-13(17)16(14,19-15)9-10-5-3-4-6-12(10)11/h3-6,11,14H,7-9H2,1-2H3/t11-,14+,16-/m0/s1. The smallest absolute Gasteiger partial charge is 0.168 e. The van der Waals surface area contributed by atoms with Gasteiger partial charge in [-0.05, 0) is 37.3 Å². The molecule has 1 heterocycles. The van der Waals surface area contributed by atoms with Crippen LogP contribution in [0.3, 0.4) is 0 Å². The van der Waals surface area contributed by atoms with E-state index in [4.69, 9.17) is 9.47 Å². The molecule has 5 rings (SSSR count). The summed E-state index contributed by atoms with van der Waals surface area (Å²) in [6.07, 6.45) is 2.05. The normalized spacial score (nSPS) is 38.7. The lowest BCUT2D eigenvalue weighted by Gasteiger charge is -2.34. The van der Waals surface area contributed by atoms with Gasteiger partial charge in [0.1, 0.15) is 0 Å². The maximum atomic E-state index is 12.6. The Kier molecular flexibility index (Phi) is 2.12. The number of benzene rings is 1. The van der Waals surface area contributed by atoms with Crippen LogP contribution < -0.4 is 0 Å². The molecule has 1 spiro atoms. The quantitative estimate of drug-likeness (QED) is 0.717. The van der Waals surface area contributed by atoms with Crippen molar-refractivity contribution in [2.75, 3.05) is 0 Å². The van der Waals surface area contributed by atoms with Crippen LogP contribution in [0.2, 0.25) is 0 Å². The zero-order valence-corrected chi connectivity index (χ0v) is 11.3. The van der Waals surface area contributed by atoms with E-state index < -0.39 is 11.4 Å². The molecule has 0 N–H and O–H groups in total. The number of ketones is 1. The first-order valence-electron chi connectivity index (χ1n) is 6.99. The Morgan fingerprint density at radius 1 is 1.26 bits per heavy atom. The molecule has 2 bridgehead atoms. The summed E-state index contributed by atoms with van der Waals surface area (Å²) in [6, 6.07) is 8.37. The predicted molar refractivity (Wildman–Crippen MR) is 69.9 cm³/mol. The van der Waals surface area contributed by atoms with Crippen molar-refractivity contribution in [2.45, 2.75) is 56.5 Å². The lowest BCUT2D eigenvalue weighted by molar-refractivity contribution is -0.171. The molecular formula is C16H18O3. The Labute approximate surface area is 112 Å². The van der Waals surface area contributed by atoms with Crippen molar-refractivity contribution >= 4 is 5.78 Å². The third-order valence-corrected chi connectivity index (χ3v) is 4.72. The highest BCUT2D eigenvalue weighted by Crippen LogP contribution is 2.52.